The molecule has 0 amide bonds. The second kappa shape index (κ2) is 7.70. The summed E-state index contributed by atoms with van der Waals surface area (Å²) in [7, 11) is 1.57. The molecule has 0 radical (unpaired) electrons. The van der Waals surface area contributed by atoms with Gasteiger partial charge in [0.15, 0.2) is 0 Å². The molecule has 6 heteroatoms. The Hall–Kier alpha value is -0.720. The minimum absolute atomic E-state index is 0.496. The zero-order chi connectivity index (χ0) is 16.3. The van der Waals surface area contributed by atoms with Crippen LogP contribution in [0.5, 0.6) is 0 Å². The lowest BCUT2D eigenvalue weighted by molar-refractivity contribution is 0.857. The fourth-order valence-corrected chi connectivity index (χ4v) is 4.05. The van der Waals surface area contributed by atoms with Crippen LogP contribution in [-0.4, -0.2) is 16.2 Å². The summed E-state index contributed by atoms with van der Waals surface area (Å²) in [6.07, 6.45) is 2.09. The van der Waals surface area contributed by atoms with Crippen LogP contribution in [-0.2, 0) is 0 Å². The average Bonchev–Trinajstić information content (AvgIpc) is 2.45. The molecule has 0 aliphatic carbocycles. The molecule has 118 valence electrons. The molecule has 1 heterocycles. The van der Waals surface area contributed by atoms with Gasteiger partial charge in [0.2, 0.25) is 5.95 Å². The van der Waals surface area contributed by atoms with Crippen molar-refractivity contribution in [2.45, 2.75) is 43.4 Å². The van der Waals surface area contributed by atoms with E-state index in [4.69, 9.17) is 0 Å². The predicted molar refractivity (Wildman–Crippen MR) is 102 cm³/mol. The van der Waals surface area contributed by atoms with E-state index in [9.17, 15) is 0 Å². The largest absolute Gasteiger partial charge is 0.322 e. The van der Waals surface area contributed by atoms with E-state index in [0.29, 0.717) is 11.9 Å². The molecule has 1 aromatic carbocycles. The van der Waals surface area contributed by atoms with Gasteiger partial charge in [-0.15, -0.1) is 11.8 Å². The smallest absolute Gasteiger partial charge is 0.227 e. The molecular formula is C16H20BrN3S2. The van der Waals surface area contributed by atoms with Crippen LogP contribution < -0.4 is 5.32 Å². The van der Waals surface area contributed by atoms with Gasteiger partial charge in [-0.3, -0.25) is 0 Å². The summed E-state index contributed by atoms with van der Waals surface area (Å²) < 4.78 is 0. The first-order valence-corrected chi connectivity index (χ1v) is 10.9. The highest BCUT2D eigenvalue weighted by molar-refractivity contribution is 9.50. The number of aromatic nitrogens is 2. The summed E-state index contributed by atoms with van der Waals surface area (Å²) in [4.78, 5) is 11.3. The zero-order valence-electron chi connectivity index (χ0n) is 13.4. The highest BCUT2D eigenvalue weighted by Crippen LogP contribution is 2.41. The minimum Gasteiger partial charge on any atom is -0.322 e. The SMILES string of the molecule is CSc1cc(C(C)C)cc(SBr)c1Nc1nc(C)cc(C)n1. The van der Waals surface area contributed by atoms with Gasteiger partial charge in [-0.2, -0.15) is 0 Å². The van der Waals surface area contributed by atoms with Gasteiger partial charge >= 0.3 is 0 Å². The van der Waals surface area contributed by atoms with Crippen LogP contribution in [0.15, 0.2) is 28.0 Å². The molecule has 1 aromatic heterocycles. The van der Waals surface area contributed by atoms with Crippen LogP contribution >= 0.6 is 36.8 Å². The van der Waals surface area contributed by atoms with Gasteiger partial charge in [0, 0.05) is 21.2 Å². The van der Waals surface area contributed by atoms with Crippen molar-refractivity contribution in [2.75, 3.05) is 11.6 Å². The Bertz CT molecular complexity index is 629. The third-order valence-corrected chi connectivity index (χ3v) is 5.57. The van der Waals surface area contributed by atoms with Crippen LogP contribution in [0.25, 0.3) is 0 Å². The van der Waals surface area contributed by atoms with Crippen LogP contribution in [0.4, 0.5) is 11.6 Å². The first kappa shape index (κ1) is 17.6. The number of halogens is 1. The first-order valence-electron chi connectivity index (χ1n) is 7.04. The van der Waals surface area contributed by atoms with Gasteiger partial charge in [0.05, 0.1) is 5.69 Å². The molecule has 0 atom stereocenters. The Morgan fingerprint density at radius 3 is 2.14 bits per heavy atom. The van der Waals surface area contributed by atoms with Gasteiger partial charge in [-0.1, -0.05) is 13.8 Å². The van der Waals surface area contributed by atoms with Gasteiger partial charge < -0.3 is 5.32 Å². The Balaban J connectivity index is 2.48. The molecule has 3 nitrogen and oxygen atoms in total. The molecule has 22 heavy (non-hydrogen) atoms. The lowest BCUT2D eigenvalue weighted by Crippen LogP contribution is -2.03. The van der Waals surface area contributed by atoms with E-state index in [1.807, 2.05) is 19.9 Å². The standard InChI is InChI=1S/C16H20BrN3S2/c1-9(2)12-7-13(21-5)15(14(8-12)22-17)20-16-18-10(3)6-11(4)19-16/h6-9H,1-5H3,(H,18,19,20). The maximum atomic E-state index is 4.48. The molecule has 2 aromatic rings. The Morgan fingerprint density at radius 2 is 1.64 bits per heavy atom. The molecule has 0 saturated heterocycles. The Kier molecular flexibility index (Phi) is 6.17. The predicted octanol–water partition coefficient (Wildman–Crippen LogP) is 6.08. The number of nitrogens with zero attached hydrogens (tertiary/aromatic N) is 2. The van der Waals surface area contributed by atoms with Crippen molar-refractivity contribution in [1.82, 2.24) is 9.97 Å². The van der Waals surface area contributed by atoms with Gasteiger partial charge in [-0.25, -0.2) is 9.97 Å². The van der Waals surface area contributed by atoms with Crippen molar-refractivity contribution in [2.24, 2.45) is 0 Å². The summed E-state index contributed by atoms with van der Waals surface area (Å²) in [5.74, 6) is 1.14. The number of thioether (sulfide) groups is 1. The lowest BCUT2D eigenvalue weighted by Gasteiger charge is -2.17. The lowest BCUT2D eigenvalue weighted by atomic mass is 10.0. The summed E-state index contributed by atoms with van der Waals surface area (Å²) in [5, 5.41) is 3.40. The third kappa shape index (κ3) is 4.18. The molecule has 0 bridgehead atoms. The minimum atomic E-state index is 0.496. The summed E-state index contributed by atoms with van der Waals surface area (Å²) in [6.45, 7) is 8.39. The van der Waals surface area contributed by atoms with Crippen LogP contribution in [0.2, 0.25) is 0 Å². The number of hydrogen-bond donors (Lipinski definition) is 1. The fraction of sp³-hybridized carbons (Fsp3) is 0.375. The molecule has 0 spiro atoms. The Morgan fingerprint density at radius 1 is 1.05 bits per heavy atom. The van der Waals surface area contributed by atoms with E-state index >= 15 is 0 Å². The van der Waals surface area contributed by atoms with Crippen molar-refractivity contribution in [3.05, 3.63) is 35.2 Å². The van der Waals surface area contributed by atoms with Gasteiger partial charge in [-0.05, 0) is 74.8 Å². The number of benzene rings is 1. The van der Waals surface area contributed by atoms with Crippen LogP contribution in [0.1, 0.15) is 36.7 Å². The number of aryl methyl sites for hydroxylation is 2. The van der Waals surface area contributed by atoms with E-state index < -0.39 is 0 Å². The maximum absolute atomic E-state index is 4.48. The summed E-state index contributed by atoms with van der Waals surface area (Å²) in [6, 6.07) is 6.44. The first-order chi connectivity index (χ1) is 10.4. The molecule has 0 unspecified atom stereocenters. The van der Waals surface area contributed by atoms with Crippen molar-refractivity contribution in [1.29, 1.82) is 0 Å². The zero-order valence-corrected chi connectivity index (χ0v) is 16.6. The molecule has 1 N–H and O–H groups in total. The normalized spacial score (nSPS) is 11.0. The number of nitrogens with one attached hydrogen (secondary N) is 1. The molecule has 0 saturated carbocycles. The molecule has 0 aliphatic heterocycles. The maximum Gasteiger partial charge on any atom is 0.227 e. The average molecular weight is 398 g/mol. The second-order valence-corrected chi connectivity index (χ2v) is 7.84. The molecule has 0 aliphatic rings. The quantitative estimate of drug-likeness (QED) is 0.618. The fourth-order valence-electron chi connectivity index (χ4n) is 2.18. The second-order valence-electron chi connectivity index (χ2n) is 5.43. The highest BCUT2D eigenvalue weighted by atomic mass is 79.9. The van der Waals surface area contributed by atoms with E-state index in [0.717, 1.165) is 22.0 Å². The topological polar surface area (TPSA) is 37.8 Å². The highest BCUT2D eigenvalue weighted by Gasteiger charge is 2.14. The van der Waals surface area contributed by atoms with Crippen molar-refractivity contribution in [3.8, 4) is 0 Å². The molecule has 0 fully saturated rings. The van der Waals surface area contributed by atoms with Crippen LogP contribution in [0.3, 0.4) is 0 Å². The summed E-state index contributed by atoms with van der Waals surface area (Å²) in [5.41, 5.74) is 4.32. The van der Waals surface area contributed by atoms with Crippen molar-refractivity contribution >= 4 is 48.4 Å². The van der Waals surface area contributed by atoms with E-state index in [1.54, 1.807) is 22.0 Å². The number of anilines is 2. The number of hydrogen-bond acceptors (Lipinski definition) is 5. The van der Waals surface area contributed by atoms with Gasteiger partial charge in [0.25, 0.3) is 0 Å². The van der Waals surface area contributed by atoms with E-state index in [2.05, 4.69) is 62.3 Å². The molecular weight excluding hydrogens is 378 g/mol. The van der Waals surface area contributed by atoms with Crippen molar-refractivity contribution in [3.63, 3.8) is 0 Å². The van der Waals surface area contributed by atoms with Crippen molar-refractivity contribution < 1.29 is 0 Å². The monoisotopic (exact) mass is 397 g/mol. The van der Waals surface area contributed by atoms with Crippen LogP contribution in [0, 0.1) is 13.8 Å². The number of rotatable bonds is 5. The summed E-state index contributed by atoms with van der Waals surface area (Å²) >= 11 is 5.26. The van der Waals surface area contributed by atoms with Gasteiger partial charge in [0.1, 0.15) is 0 Å². The van der Waals surface area contributed by atoms with E-state index in [1.165, 1.54) is 10.5 Å². The van der Waals surface area contributed by atoms with E-state index in [-0.39, 0.29) is 0 Å². The third-order valence-electron chi connectivity index (χ3n) is 3.28. The molecule has 2 rings (SSSR count). The Labute approximate surface area is 148 Å².